The van der Waals surface area contributed by atoms with E-state index in [1.54, 1.807) is 52.8 Å². The number of hydrogen-bond donors (Lipinski definition) is 1. The maximum atomic E-state index is 13.4. The monoisotopic (exact) mass is 430 g/mol. The number of rotatable bonds is 9. The van der Waals surface area contributed by atoms with Gasteiger partial charge in [-0.25, -0.2) is 9.36 Å². The number of amides is 1. The number of nitrogens with zero attached hydrogens (tertiary/aromatic N) is 1. The summed E-state index contributed by atoms with van der Waals surface area (Å²) in [6.45, 7) is 8.82. The summed E-state index contributed by atoms with van der Waals surface area (Å²) in [5.41, 5.74) is -0.470. The molecule has 8 nitrogen and oxygen atoms in total. The molecule has 0 aliphatic carbocycles. The second kappa shape index (κ2) is 9.32. The fourth-order valence-electron chi connectivity index (χ4n) is 3.30. The van der Waals surface area contributed by atoms with E-state index in [0.29, 0.717) is 35.0 Å². The summed E-state index contributed by atoms with van der Waals surface area (Å²) in [4.78, 5) is 48.7. The molecule has 0 bridgehead atoms. The van der Waals surface area contributed by atoms with Crippen LogP contribution in [-0.4, -0.2) is 48.4 Å². The number of ether oxygens (including phenoxy) is 2. The zero-order chi connectivity index (χ0) is 23.4. The predicted octanol–water partition coefficient (Wildman–Crippen LogP) is 3.52. The van der Waals surface area contributed by atoms with Crippen molar-refractivity contribution in [2.75, 3.05) is 13.7 Å². The van der Waals surface area contributed by atoms with Crippen LogP contribution in [0, 0.1) is 5.41 Å². The molecule has 2 rings (SSSR count). The molecule has 0 radical (unpaired) electrons. The van der Waals surface area contributed by atoms with Crippen molar-refractivity contribution in [2.24, 2.45) is 5.41 Å². The van der Waals surface area contributed by atoms with E-state index in [9.17, 15) is 19.2 Å². The number of aromatic nitrogens is 1. The van der Waals surface area contributed by atoms with Gasteiger partial charge in [-0.2, -0.15) is 0 Å². The lowest BCUT2D eigenvalue weighted by Gasteiger charge is -2.22. The number of benzene rings is 1. The highest BCUT2D eigenvalue weighted by molar-refractivity contribution is 6.08. The molecule has 0 saturated carbocycles. The van der Waals surface area contributed by atoms with E-state index < -0.39 is 17.1 Å². The largest absolute Gasteiger partial charge is 0.497 e. The first-order chi connectivity index (χ1) is 14.4. The van der Waals surface area contributed by atoms with Crippen LogP contribution in [0.3, 0.4) is 0 Å². The van der Waals surface area contributed by atoms with E-state index in [1.165, 1.54) is 11.7 Å². The summed E-state index contributed by atoms with van der Waals surface area (Å²) < 4.78 is 12.1. The van der Waals surface area contributed by atoms with Gasteiger partial charge in [-0.15, -0.1) is 0 Å². The van der Waals surface area contributed by atoms with Gasteiger partial charge in [-0.05, 0) is 44.9 Å². The van der Waals surface area contributed by atoms with E-state index in [0.717, 1.165) is 6.29 Å². The van der Waals surface area contributed by atoms with Gasteiger partial charge in [0, 0.05) is 29.8 Å². The van der Waals surface area contributed by atoms with Crippen LogP contribution in [0.1, 0.15) is 57.1 Å². The van der Waals surface area contributed by atoms with Crippen LogP contribution in [0.2, 0.25) is 0 Å². The molecule has 1 heterocycles. The molecule has 8 heteroatoms. The summed E-state index contributed by atoms with van der Waals surface area (Å²) in [6, 6.07) is 5.17. The second-order valence-electron chi connectivity index (χ2n) is 9.05. The molecule has 1 amide bonds. The number of aldehydes is 1. The van der Waals surface area contributed by atoms with E-state index in [2.05, 4.69) is 5.32 Å². The maximum Gasteiger partial charge on any atom is 0.419 e. The van der Waals surface area contributed by atoms with Crippen molar-refractivity contribution in [2.45, 2.75) is 53.1 Å². The van der Waals surface area contributed by atoms with Crippen LogP contribution in [0.15, 0.2) is 18.2 Å². The molecule has 0 aliphatic heterocycles. The van der Waals surface area contributed by atoms with Gasteiger partial charge in [0.15, 0.2) is 5.78 Å². The van der Waals surface area contributed by atoms with Gasteiger partial charge in [0.05, 0.1) is 18.3 Å². The van der Waals surface area contributed by atoms with Crippen LogP contribution in [0.5, 0.6) is 5.75 Å². The first-order valence-corrected chi connectivity index (χ1v) is 10.1. The van der Waals surface area contributed by atoms with Crippen molar-refractivity contribution < 1.29 is 28.7 Å². The number of Topliss-reactive ketones (excluding diaryl/α,β-unsaturated/α-hetero) is 1. The Bertz CT molecular complexity index is 998. The van der Waals surface area contributed by atoms with Crippen LogP contribution < -0.4 is 10.1 Å². The van der Waals surface area contributed by atoms with Gasteiger partial charge in [0.2, 0.25) is 6.41 Å². The van der Waals surface area contributed by atoms with E-state index >= 15 is 0 Å². The molecule has 1 N–H and O–H groups in total. The van der Waals surface area contributed by atoms with Crippen molar-refractivity contribution >= 4 is 35.5 Å². The molecule has 1 aromatic carbocycles. The Morgan fingerprint density at radius 2 is 1.81 bits per heavy atom. The number of fused-ring (bicyclic) bond motifs is 1. The highest BCUT2D eigenvalue weighted by atomic mass is 16.6. The Labute approximate surface area is 181 Å². The topological polar surface area (TPSA) is 104 Å². The van der Waals surface area contributed by atoms with Crippen LogP contribution in [0.4, 0.5) is 4.79 Å². The molecule has 0 unspecified atom stereocenters. The minimum atomic E-state index is -0.900. The number of carbonyl (C=O) groups excluding carboxylic acids is 4. The van der Waals surface area contributed by atoms with Crippen molar-refractivity contribution in [3.8, 4) is 5.75 Å². The van der Waals surface area contributed by atoms with E-state index in [1.807, 2.05) is 0 Å². The first kappa shape index (κ1) is 24.1. The summed E-state index contributed by atoms with van der Waals surface area (Å²) >= 11 is 0. The fraction of sp³-hybridized carbons (Fsp3) is 0.478. The molecule has 168 valence electrons. The Hall–Kier alpha value is -3.16. The number of nitrogens with one attached hydrogen (secondary N) is 1. The third kappa shape index (κ3) is 5.71. The molecular weight excluding hydrogens is 400 g/mol. The lowest BCUT2D eigenvalue weighted by molar-refractivity contribution is -0.114. The predicted molar refractivity (Wildman–Crippen MR) is 117 cm³/mol. The molecule has 0 fully saturated rings. The fourth-order valence-corrected chi connectivity index (χ4v) is 3.30. The SMILES string of the molecule is COc1ccc2c(CCNC=O)c(C(=O)CC(C)(C)C=O)n(C(=O)OC(C)(C)C)c2c1. The molecule has 0 saturated heterocycles. The van der Waals surface area contributed by atoms with Crippen LogP contribution in [-0.2, 0) is 20.7 Å². The number of ketones is 1. The third-order valence-corrected chi connectivity index (χ3v) is 4.66. The Morgan fingerprint density at radius 3 is 2.35 bits per heavy atom. The number of hydrogen-bond acceptors (Lipinski definition) is 6. The second-order valence-corrected chi connectivity index (χ2v) is 9.05. The average molecular weight is 431 g/mol. The van der Waals surface area contributed by atoms with Gasteiger partial charge in [-0.3, -0.25) is 9.59 Å². The van der Waals surface area contributed by atoms with E-state index in [4.69, 9.17) is 9.47 Å². The minimum absolute atomic E-state index is 0.0825. The molecule has 31 heavy (non-hydrogen) atoms. The highest BCUT2D eigenvalue weighted by Gasteiger charge is 2.32. The number of methoxy groups -OCH3 is 1. The van der Waals surface area contributed by atoms with Gasteiger partial charge in [0.1, 0.15) is 17.6 Å². The van der Waals surface area contributed by atoms with Crippen molar-refractivity contribution in [3.63, 3.8) is 0 Å². The molecule has 0 atom stereocenters. The quantitative estimate of drug-likeness (QED) is 0.371. The van der Waals surface area contributed by atoms with Crippen molar-refractivity contribution in [1.29, 1.82) is 0 Å². The van der Waals surface area contributed by atoms with Crippen LogP contribution >= 0.6 is 0 Å². The molecule has 0 aliphatic rings. The Morgan fingerprint density at radius 1 is 1.13 bits per heavy atom. The van der Waals surface area contributed by atoms with Gasteiger partial charge < -0.3 is 19.6 Å². The first-order valence-electron chi connectivity index (χ1n) is 10.1. The van der Waals surface area contributed by atoms with Crippen LogP contribution in [0.25, 0.3) is 10.9 Å². The zero-order valence-electron chi connectivity index (χ0n) is 18.9. The lowest BCUT2D eigenvalue weighted by Crippen LogP contribution is -2.30. The van der Waals surface area contributed by atoms with E-state index in [-0.39, 0.29) is 24.4 Å². The summed E-state index contributed by atoms with van der Waals surface area (Å²) in [5, 5.41) is 3.26. The summed E-state index contributed by atoms with van der Waals surface area (Å²) in [7, 11) is 1.51. The average Bonchev–Trinajstić information content (AvgIpc) is 3.00. The minimum Gasteiger partial charge on any atom is -0.497 e. The molecule has 1 aromatic heterocycles. The summed E-state index contributed by atoms with van der Waals surface area (Å²) in [5.74, 6) is 0.152. The zero-order valence-corrected chi connectivity index (χ0v) is 18.9. The Balaban J connectivity index is 2.79. The highest BCUT2D eigenvalue weighted by Crippen LogP contribution is 2.33. The molecular formula is C23H30N2O6. The van der Waals surface area contributed by atoms with Crippen molar-refractivity contribution in [3.05, 3.63) is 29.5 Å². The lowest BCUT2D eigenvalue weighted by atomic mass is 9.87. The standard InChI is InChI=1S/C23H30N2O6/c1-22(2,3)31-21(29)25-18-11-15(30-6)7-8-16(18)17(9-10-24-14-27)20(25)19(28)12-23(4,5)13-26/h7-8,11,13-14H,9-10,12H2,1-6H3,(H,24,27). The molecule has 2 aromatic rings. The Kier molecular flexibility index (Phi) is 7.25. The summed E-state index contributed by atoms with van der Waals surface area (Å²) in [6.07, 6.45) is 0.836. The normalized spacial score (nSPS) is 11.8. The van der Waals surface area contributed by atoms with Gasteiger partial charge in [-0.1, -0.05) is 13.8 Å². The molecule has 0 spiro atoms. The van der Waals surface area contributed by atoms with Gasteiger partial charge in [0.25, 0.3) is 0 Å². The van der Waals surface area contributed by atoms with Crippen molar-refractivity contribution in [1.82, 2.24) is 9.88 Å². The maximum absolute atomic E-state index is 13.4. The smallest absolute Gasteiger partial charge is 0.419 e. The number of carbonyl (C=O) groups is 4. The van der Waals surface area contributed by atoms with Gasteiger partial charge >= 0.3 is 6.09 Å². The third-order valence-electron chi connectivity index (χ3n) is 4.66.